The van der Waals surface area contributed by atoms with E-state index in [1.165, 1.54) is 6.20 Å². The molecule has 1 aliphatic heterocycles. The molecule has 10 nitrogen and oxygen atoms in total. The van der Waals surface area contributed by atoms with Crippen molar-refractivity contribution in [2.75, 3.05) is 22.9 Å². The first-order chi connectivity index (χ1) is 14.7. The van der Waals surface area contributed by atoms with Crippen LogP contribution in [-0.2, 0) is 14.3 Å². The van der Waals surface area contributed by atoms with Crippen molar-refractivity contribution in [2.24, 2.45) is 5.92 Å². The third-order valence-corrected chi connectivity index (χ3v) is 4.70. The Labute approximate surface area is 188 Å². The molecule has 2 N–H and O–H groups in total. The fourth-order valence-corrected chi connectivity index (χ4v) is 3.40. The van der Waals surface area contributed by atoms with Gasteiger partial charge in [0.1, 0.15) is 11.2 Å². The molecule has 2 rings (SSSR count). The third-order valence-electron chi connectivity index (χ3n) is 4.70. The fraction of sp³-hybridized carbons (Fsp3) is 0.636. The molecule has 3 amide bonds. The Morgan fingerprint density at radius 1 is 1.19 bits per heavy atom. The number of aliphatic hydroxyl groups is 1. The number of nitrogens with zero attached hydrogens (tertiary/aromatic N) is 3. The molecule has 1 aromatic heterocycles. The molecule has 1 aliphatic rings. The Balaban J connectivity index is 2.30. The van der Waals surface area contributed by atoms with Crippen molar-refractivity contribution in [1.29, 1.82) is 0 Å². The molecule has 1 saturated heterocycles. The number of hydrogen-bond donors (Lipinski definition) is 2. The number of aromatic nitrogens is 1. The van der Waals surface area contributed by atoms with E-state index in [1.807, 2.05) is 11.8 Å². The topological polar surface area (TPSA) is 121 Å². The predicted octanol–water partition coefficient (Wildman–Crippen LogP) is 2.69. The number of imide groups is 1. The van der Waals surface area contributed by atoms with Crippen molar-refractivity contribution in [2.45, 2.75) is 71.8 Å². The number of piperidine rings is 1. The van der Waals surface area contributed by atoms with Gasteiger partial charge in [-0.05, 0) is 47.6 Å². The molecule has 0 bridgehead atoms. The molecular weight excluding hydrogens is 416 g/mol. The number of rotatable bonds is 4. The Hall–Kier alpha value is -2.88. The Morgan fingerprint density at radius 2 is 1.81 bits per heavy atom. The summed E-state index contributed by atoms with van der Waals surface area (Å²) in [6.07, 6.45) is 1.08. The van der Waals surface area contributed by atoms with E-state index in [9.17, 15) is 19.5 Å². The summed E-state index contributed by atoms with van der Waals surface area (Å²) in [5.74, 6) is -0.212. The molecule has 32 heavy (non-hydrogen) atoms. The summed E-state index contributed by atoms with van der Waals surface area (Å²) in [6, 6.07) is 1.05. The number of anilines is 2. The first-order valence-electron chi connectivity index (χ1n) is 10.6. The lowest BCUT2D eigenvalue weighted by Crippen LogP contribution is -2.59. The minimum atomic E-state index is -0.824. The lowest BCUT2D eigenvalue weighted by Gasteiger charge is -2.42. The number of ether oxygens (including phenoxy) is 2. The van der Waals surface area contributed by atoms with Crippen molar-refractivity contribution in [1.82, 2.24) is 10.3 Å². The van der Waals surface area contributed by atoms with E-state index in [1.54, 1.807) is 53.8 Å². The minimum Gasteiger partial charge on any atom is -0.444 e. The highest BCUT2D eigenvalue weighted by Gasteiger charge is 2.37. The highest BCUT2D eigenvalue weighted by Crippen LogP contribution is 2.32. The van der Waals surface area contributed by atoms with Gasteiger partial charge in [0.15, 0.2) is 0 Å². The second kappa shape index (κ2) is 9.72. The van der Waals surface area contributed by atoms with Gasteiger partial charge in [-0.2, -0.15) is 0 Å². The SMILES string of the molecule is C[C@H]1CN(c2ccncc2N(C=O)C(=O)OC(C)(C)C)C[C@@H](NC(=O)OC(C)(C)C)[C@@H]1O. The van der Waals surface area contributed by atoms with Crippen LogP contribution in [0.3, 0.4) is 0 Å². The van der Waals surface area contributed by atoms with Crippen LogP contribution < -0.4 is 15.1 Å². The summed E-state index contributed by atoms with van der Waals surface area (Å²) < 4.78 is 10.7. The minimum absolute atomic E-state index is 0.212. The van der Waals surface area contributed by atoms with E-state index in [2.05, 4.69) is 10.3 Å². The van der Waals surface area contributed by atoms with E-state index in [0.29, 0.717) is 18.6 Å². The number of pyridine rings is 1. The summed E-state index contributed by atoms with van der Waals surface area (Å²) in [4.78, 5) is 43.5. The van der Waals surface area contributed by atoms with Crippen molar-refractivity contribution in [3.63, 3.8) is 0 Å². The van der Waals surface area contributed by atoms with E-state index in [4.69, 9.17) is 9.47 Å². The van der Waals surface area contributed by atoms with E-state index < -0.39 is 35.5 Å². The average molecular weight is 451 g/mol. The normalized spacial score (nSPS) is 21.5. The molecule has 178 valence electrons. The van der Waals surface area contributed by atoms with Gasteiger partial charge in [0, 0.05) is 25.2 Å². The zero-order valence-corrected chi connectivity index (χ0v) is 19.8. The van der Waals surface area contributed by atoms with Crippen molar-refractivity contribution in [3.8, 4) is 0 Å². The Morgan fingerprint density at radius 3 is 2.38 bits per heavy atom. The maximum absolute atomic E-state index is 12.6. The zero-order valence-electron chi connectivity index (χ0n) is 19.8. The maximum atomic E-state index is 12.6. The number of hydrogen-bond acceptors (Lipinski definition) is 8. The number of carbonyl (C=O) groups is 3. The van der Waals surface area contributed by atoms with Crippen molar-refractivity contribution >= 4 is 30.0 Å². The fourth-order valence-electron chi connectivity index (χ4n) is 3.40. The molecule has 0 saturated carbocycles. The van der Waals surface area contributed by atoms with Gasteiger partial charge >= 0.3 is 12.2 Å². The van der Waals surface area contributed by atoms with Crippen molar-refractivity contribution in [3.05, 3.63) is 18.5 Å². The Kier molecular flexibility index (Phi) is 7.71. The molecule has 0 unspecified atom stereocenters. The second-order valence-corrected chi connectivity index (χ2v) is 9.95. The van der Waals surface area contributed by atoms with Gasteiger partial charge in [0.25, 0.3) is 0 Å². The van der Waals surface area contributed by atoms with Crippen molar-refractivity contribution < 1.29 is 29.0 Å². The standard InChI is InChI=1S/C22H34N4O6/c1-14-11-25(12-15(18(14)28)24-19(29)31-21(2,3)4)16-8-9-23-10-17(16)26(13-27)20(30)32-22(5,6)7/h8-10,13-15,18,28H,11-12H2,1-7H3,(H,24,29)/t14-,15+,18+/m0/s1. The highest BCUT2D eigenvalue weighted by molar-refractivity contribution is 6.06. The number of amides is 3. The summed E-state index contributed by atoms with van der Waals surface area (Å²) in [5.41, 5.74) is -0.665. The van der Waals surface area contributed by atoms with Crippen LogP contribution in [0.2, 0.25) is 0 Å². The lowest BCUT2D eigenvalue weighted by atomic mass is 9.92. The quantitative estimate of drug-likeness (QED) is 0.672. The molecule has 10 heteroatoms. The van der Waals surface area contributed by atoms with E-state index in [0.717, 1.165) is 4.90 Å². The maximum Gasteiger partial charge on any atom is 0.421 e. The second-order valence-electron chi connectivity index (χ2n) is 9.95. The number of carbonyl (C=O) groups excluding carboxylic acids is 3. The molecule has 2 heterocycles. The number of aliphatic hydroxyl groups excluding tert-OH is 1. The molecule has 1 fully saturated rings. The van der Waals surface area contributed by atoms with Crippen LogP contribution in [0.5, 0.6) is 0 Å². The van der Waals surface area contributed by atoms with Crippen LogP contribution in [0.25, 0.3) is 0 Å². The number of nitrogens with one attached hydrogen (secondary N) is 1. The molecule has 0 spiro atoms. The van der Waals surface area contributed by atoms with Gasteiger partial charge in [-0.25, -0.2) is 14.5 Å². The van der Waals surface area contributed by atoms with E-state index >= 15 is 0 Å². The molecular formula is C22H34N4O6. The average Bonchev–Trinajstić information content (AvgIpc) is 2.63. The molecule has 0 aliphatic carbocycles. The summed E-state index contributed by atoms with van der Waals surface area (Å²) in [5, 5.41) is 13.4. The van der Waals surface area contributed by atoms with Gasteiger partial charge in [-0.15, -0.1) is 0 Å². The lowest BCUT2D eigenvalue weighted by molar-refractivity contribution is -0.107. The third kappa shape index (κ3) is 6.81. The first-order valence-corrected chi connectivity index (χ1v) is 10.6. The molecule has 0 aromatic carbocycles. The van der Waals surface area contributed by atoms with Gasteiger partial charge in [0.05, 0.1) is 29.7 Å². The van der Waals surface area contributed by atoms with Crippen LogP contribution in [-0.4, -0.2) is 65.1 Å². The molecule has 0 radical (unpaired) electrons. The Bertz CT molecular complexity index is 832. The first kappa shape index (κ1) is 25.4. The van der Waals surface area contributed by atoms with Crippen LogP contribution in [0.1, 0.15) is 48.5 Å². The van der Waals surface area contributed by atoms with Gasteiger partial charge in [-0.3, -0.25) is 9.78 Å². The number of alkyl carbamates (subject to hydrolysis) is 1. The van der Waals surface area contributed by atoms with Crippen LogP contribution in [0.4, 0.5) is 21.0 Å². The van der Waals surface area contributed by atoms with Gasteiger partial charge < -0.3 is 24.8 Å². The summed E-state index contributed by atoms with van der Waals surface area (Å²) >= 11 is 0. The van der Waals surface area contributed by atoms with Crippen LogP contribution >= 0.6 is 0 Å². The summed E-state index contributed by atoms with van der Waals surface area (Å²) in [7, 11) is 0. The van der Waals surface area contributed by atoms with Crippen LogP contribution in [0.15, 0.2) is 18.5 Å². The molecule has 1 aromatic rings. The zero-order chi connectivity index (χ0) is 24.3. The monoisotopic (exact) mass is 450 g/mol. The largest absolute Gasteiger partial charge is 0.444 e. The van der Waals surface area contributed by atoms with E-state index in [-0.39, 0.29) is 18.2 Å². The van der Waals surface area contributed by atoms with Gasteiger partial charge in [0.2, 0.25) is 6.41 Å². The summed E-state index contributed by atoms with van der Waals surface area (Å²) in [6.45, 7) is 12.9. The smallest absolute Gasteiger partial charge is 0.421 e. The molecule has 3 atom stereocenters. The highest BCUT2D eigenvalue weighted by atomic mass is 16.6. The predicted molar refractivity (Wildman–Crippen MR) is 120 cm³/mol. The van der Waals surface area contributed by atoms with Crippen LogP contribution in [0, 0.1) is 5.92 Å². The van der Waals surface area contributed by atoms with Gasteiger partial charge in [-0.1, -0.05) is 6.92 Å².